The molecule has 3 rings (SSSR count). The Morgan fingerprint density at radius 2 is 1.80 bits per heavy atom. The van der Waals surface area contributed by atoms with Gasteiger partial charge in [0, 0.05) is 23.4 Å². The first-order valence-electron chi connectivity index (χ1n) is 8.86. The average Bonchev–Trinajstić information content (AvgIpc) is 2.78. The van der Waals surface area contributed by atoms with E-state index in [1.165, 1.54) is 18.2 Å². The molecule has 0 unspecified atom stereocenters. The molecule has 0 bridgehead atoms. The third kappa shape index (κ3) is 4.91. The summed E-state index contributed by atoms with van der Waals surface area (Å²) < 4.78 is 10.8. The summed E-state index contributed by atoms with van der Waals surface area (Å²) in [6, 6.07) is 19.6. The summed E-state index contributed by atoms with van der Waals surface area (Å²) >= 11 is 0. The Kier molecular flexibility index (Phi) is 6.25. The number of nitrogens with zero attached hydrogens (tertiary/aromatic N) is 2. The number of carbonyl (C=O) groups is 1. The van der Waals surface area contributed by atoms with E-state index >= 15 is 0 Å². The van der Waals surface area contributed by atoms with Crippen LogP contribution in [0, 0.1) is 21.4 Å². The second kappa shape index (κ2) is 9.21. The zero-order valence-electron chi connectivity index (χ0n) is 16.0. The number of methoxy groups -OCH3 is 1. The predicted octanol–water partition coefficient (Wildman–Crippen LogP) is 4.16. The second-order valence-corrected chi connectivity index (χ2v) is 6.19. The molecule has 30 heavy (non-hydrogen) atoms. The summed E-state index contributed by atoms with van der Waals surface area (Å²) in [4.78, 5) is 22.9. The van der Waals surface area contributed by atoms with Crippen LogP contribution in [0.4, 0.5) is 11.4 Å². The molecule has 0 atom stereocenters. The van der Waals surface area contributed by atoms with E-state index in [2.05, 4.69) is 5.32 Å². The van der Waals surface area contributed by atoms with Crippen molar-refractivity contribution in [2.45, 2.75) is 0 Å². The van der Waals surface area contributed by atoms with Crippen LogP contribution in [0.15, 0.2) is 66.7 Å². The molecule has 0 spiro atoms. The minimum atomic E-state index is -0.492. The molecule has 0 aliphatic heterocycles. The zero-order chi connectivity index (χ0) is 21.5. The van der Waals surface area contributed by atoms with Gasteiger partial charge in [0.05, 0.1) is 23.7 Å². The van der Waals surface area contributed by atoms with E-state index < -0.39 is 10.8 Å². The van der Waals surface area contributed by atoms with Gasteiger partial charge in [0.15, 0.2) is 6.61 Å². The molecule has 8 heteroatoms. The number of nitro benzene ring substituents is 1. The lowest BCUT2D eigenvalue weighted by molar-refractivity contribution is -0.384. The van der Waals surface area contributed by atoms with Crippen LogP contribution in [0.3, 0.4) is 0 Å². The molecule has 0 heterocycles. The average molecular weight is 403 g/mol. The maximum atomic E-state index is 12.2. The van der Waals surface area contributed by atoms with Crippen LogP contribution in [-0.4, -0.2) is 24.5 Å². The first-order chi connectivity index (χ1) is 14.5. The van der Waals surface area contributed by atoms with Crippen molar-refractivity contribution in [3.05, 3.63) is 82.4 Å². The number of nitrogens with one attached hydrogen (secondary N) is 1. The third-order valence-electron chi connectivity index (χ3n) is 4.23. The number of non-ortho nitro benzene ring substituents is 1. The Bertz CT molecular complexity index is 1100. The van der Waals surface area contributed by atoms with Gasteiger partial charge in [-0.25, -0.2) is 0 Å². The topological polar surface area (TPSA) is 114 Å². The highest BCUT2D eigenvalue weighted by molar-refractivity contribution is 5.92. The van der Waals surface area contributed by atoms with Crippen molar-refractivity contribution in [3.63, 3.8) is 0 Å². The van der Waals surface area contributed by atoms with E-state index in [4.69, 9.17) is 14.7 Å². The number of hydrogen-bond donors (Lipinski definition) is 1. The Hall–Kier alpha value is -4.38. The van der Waals surface area contributed by atoms with Gasteiger partial charge in [-0.05, 0) is 48.0 Å². The molecule has 0 saturated heterocycles. The SMILES string of the molecule is COc1ccc(-c2cc([N+](=O)[O-])ccc2OCC(=O)Nc2ccc(C#N)cc2)cc1. The molecule has 0 aliphatic rings. The number of hydrogen-bond acceptors (Lipinski definition) is 6. The summed E-state index contributed by atoms with van der Waals surface area (Å²) in [5, 5.41) is 22.7. The molecule has 0 saturated carbocycles. The number of benzene rings is 3. The Morgan fingerprint density at radius 3 is 2.40 bits per heavy atom. The monoisotopic (exact) mass is 403 g/mol. The first-order valence-corrected chi connectivity index (χ1v) is 8.86. The van der Waals surface area contributed by atoms with Crippen LogP contribution < -0.4 is 14.8 Å². The van der Waals surface area contributed by atoms with Gasteiger partial charge in [0.2, 0.25) is 0 Å². The van der Waals surface area contributed by atoms with Crippen LogP contribution in [-0.2, 0) is 4.79 Å². The minimum Gasteiger partial charge on any atom is -0.497 e. The zero-order valence-corrected chi connectivity index (χ0v) is 16.0. The Morgan fingerprint density at radius 1 is 1.10 bits per heavy atom. The summed E-state index contributed by atoms with van der Waals surface area (Å²) in [6.45, 7) is -0.291. The highest BCUT2D eigenvalue weighted by atomic mass is 16.6. The van der Waals surface area contributed by atoms with E-state index in [9.17, 15) is 14.9 Å². The van der Waals surface area contributed by atoms with Crippen LogP contribution in [0.2, 0.25) is 0 Å². The van der Waals surface area contributed by atoms with Crippen LogP contribution in [0.25, 0.3) is 11.1 Å². The van der Waals surface area contributed by atoms with Gasteiger partial charge in [0.1, 0.15) is 11.5 Å². The predicted molar refractivity (Wildman–Crippen MR) is 110 cm³/mol. The van der Waals surface area contributed by atoms with Gasteiger partial charge < -0.3 is 14.8 Å². The first kappa shape index (κ1) is 20.4. The summed E-state index contributed by atoms with van der Waals surface area (Å²) in [6.07, 6.45) is 0. The van der Waals surface area contributed by atoms with Crippen molar-refractivity contribution < 1.29 is 19.2 Å². The fourth-order valence-electron chi connectivity index (χ4n) is 2.72. The Balaban J connectivity index is 1.77. The van der Waals surface area contributed by atoms with Crippen molar-refractivity contribution in [1.82, 2.24) is 0 Å². The molecule has 3 aromatic rings. The number of ether oxygens (including phenoxy) is 2. The van der Waals surface area contributed by atoms with Crippen LogP contribution >= 0.6 is 0 Å². The number of nitriles is 1. The lowest BCUT2D eigenvalue weighted by Gasteiger charge is -2.12. The smallest absolute Gasteiger partial charge is 0.270 e. The molecular weight excluding hydrogens is 386 g/mol. The van der Waals surface area contributed by atoms with Crippen molar-refractivity contribution >= 4 is 17.3 Å². The molecule has 150 valence electrons. The molecule has 1 N–H and O–H groups in total. The highest BCUT2D eigenvalue weighted by Gasteiger charge is 2.15. The standard InChI is InChI=1S/C22H17N3O5/c1-29-19-9-4-16(5-10-19)20-12-18(25(27)28)8-11-21(20)30-14-22(26)24-17-6-2-15(13-23)3-7-17/h2-12H,14H2,1H3,(H,24,26). The summed E-state index contributed by atoms with van der Waals surface area (Å²) in [7, 11) is 1.55. The van der Waals surface area contributed by atoms with Gasteiger partial charge in [-0.2, -0.15) is 5.26 Å². The van der Waals surface area contributed by atoms with Gasteiger partial charge >= 0.3 is 0 Å². The summed E-state index contributed by atoms with van der Waals surface area (Å²) in [5.74, 6) is 0.577. The summed E-state index contributed by atoms with van der Waals surface area (Å²) in [5.41, 5.74) is 2.09. The van der Waals surface area contributed by atoms with Gasteiger partial charge in [0.25, 0.3) is 11.6 Å². The van der Waals surface area contributed by atoms with E-state index in [0.717, 1.165) is 0 Å². The molecule has 0 radical (unpaired) electrons. The number of carbonyl (C=O) groups excluding carboxylic acids is 1. The van der Waals surface area contributed by atoms with E-state index in [0.29, 0.717) is 33.9 Å². The van der Waals surface area contributed by atoms with E-state index in [1.54, 1.807) is 55.6 Å². The van der Waals surface area contributed by atoms with Crippen molar-refractivity contribution in [2.24, 2.45) is 0 Å². The molecular formula is C22H17N3O5. The molecule has 1 amide bonds. The number of anilines is 1. The lowest BCUT2D eigenvalue weighted by Crippen LogP contribution is -2.20. The number of rotatable bonds is 7. The van der Waals surface area contributed by atoms with Crippen LogP contribution in [0.5, 0.6) is 11.5 Å². The normalized spacial score (nSPS) is 10.0. The number of nitro groups is 1. The molecule has 0 fully saturated rings. The highest BCUT2D eigenvalue weighted by Crippen LogP contribution is 2.34. The Labute approximate surface area is 172 Å². The second-order valence-electron chi connectivity index (χ2n) is 6.19. The molecule has 0 aliphatic carbocycles. The van der Waals surface area contributed by atoms with Gasteiger partial charge in [-0.3, -0.25) is 14.9 Å². The van der Waals surface area contributed by atoms with E-state index in [1.807, 2.05) is 6.07 Å². The maximum Gasteiger partial charge on any atom is 0.270 e. The van der Waals surface area contributed by atoms with Gasteiger partial charge in [-0.1, -0.05) is 12.1 Å². The third-order valence-corrected chi connectivity index (χ3v) is 4.23. The van der Waals surface area contributed by atoms with Crippen molar-refractivity contribution in [2.75, 3.05) is 19.0 Å². The number of amides is 1. The molecule has 3 aromatic carbocycles. The maximum absolute atomic E-state index is 12.2. The van der Waals surface area contributed by atoms with Crippen molar-refractivity contribution in [3.8, 4) is 28.7 Å². The molecule has 8 nitrogen and oxygen atoms in total. The molecule has 0 aromatic heterocycles. The van der Waals surface area contributed by atoms with Gasteiger partial charge in [-0.15, -0.1) is 0 Å². The minimum absolute atomic E-state index is 0.0878. The van der Waals surface area contributed by atoms with Crippen LogP contribution in [0.1, 0.15) is 5.56 Å². The van der Waals surface area contributed by atoms with Crippen molar-refractivity contribution in [1.29, 1.82) is 5.26 Å². The fraction of sp³-hybridized carbons (Fsp3) is 0.0909. The fourth-order valence-corrected chi connectivity index (χ4v) is 2.72. The lowest BCUT2D eigenvalue weighted by atomic mass is 10.0. The largest absolute Gasteiger partial charge is 0.497 e. The quantitative estimate of drug-likeness (QED) is 0.468. The van der Waals surface area contributed by atoms with E-state index in [-0.39, 0.29) is 12.3 Å².